The summed E-state index contributed by atoms with van der Waals surface area (Å²) in [5.41, 5.74) is 1.15. The van der Waals surface area contributed by atoms with Crippen LogP contribution in [-0.4, -0.2) is 55.6 Å². The molecule has 5 nitrogen and oxygen atoms in total. The third kappa shape index (κ3) is 9.75. The van der Waals surface area contributed by atoms with Crippen LogP contribution >= 0.6 is 35.3 Å². The Hall–Kier alpha value is -0.410. The van der Waals surface area contributed by atoms with Crippen molar-refractivity contribution in [3.05, 3.63) is 15.6 Å². The third-order valence-electron chi connectivity index (χ3n) is 3.98. The van der Waals surface area contributed by atoms with Gasteiger partial charge in [-0.05, 0) is 47.2 Å². The topological polar surface area (TPSA) is 52.6 Å². The van der Waals surface area contributed by atoms with E-state index in [2.05, 4.69) is 69.2 Å². The quantitative estimate of drug-likeness (QED) is 0.322. The van der Waals surface area contributed by atoms with Crippen LogP contribution in [0, 0.1) is 19.8 Å². The number of guanidine groups is 1. The molecular formula is C18H36IN5S. The summed E-state index contributed by atoms with van der Waals surface area (Å²) >= 11 is 1.79. The number of thiazole rings is 1. The zero-order valence-electron chi connectivity index (χ0n) is 16.8. The number of likely N-dealkylation sites (N-methyl/N-ethyl adjacent to an activating group) is 1. The van der Waals surface area contributed by atoms with Crippen LogP contribution in [0.25, 0.3) is 0 Å². The zero-order valence-corrected chi connectivity index (χ0v) is 20.0. The molecule has 0 aliphatic heterocycles. The Morgan fingerprint density at radius 1 is 1.24 bits per heavy atom. The molecule has 0 amide bonds. The Morgan fingerprint density at radius 2 is 1.92 bits per heavy atom. The molecule has 146 valence electrons. The fraction of sp³-hybridized carbons (Fsp3) is 0.778. The molecule has 1 rings (SSSR count). The van der Waals surface area contributed by atoms with E-state index < -0.39 is 0 Å². The number of aliphatic imine (C=N–C) groups is 1. The van der Waals surface area contributed by atoms with Crippen molar-refractivity contribution in [3.8, 4) is 0 Å². The lowest BCUT2D eigenvalue weighted by molar-refractivity contribution is 0.261. The summed E-state index contributed by atoms with van der Waals surface area (Å²) in [6, 6.07) is 0.477. The normalized spacial score (nSPS) is 13.1. The number of aromatic nitrogens is 1. The van der Waals surface area contributed by atoms with E-state index >= 15 is 0 Å². The fourth-order valence-corrected chi connectivity index (χ4v) is 3.40. The molecule has 1 unspecified atom stereocenters. The number of halogens is 1. The van der Waals surface area contributed by atoms with E-state index in [-0.39, 0.29) is 24.0 Å². The van der Waals surface area contributed by atoms with E-state index in [4.69, 9.17) is 4.99 Å². The van der Waals surface area contributed by atoms with Gasteiger partial charge in [-0.1, -0.05) is 13.8 Å². The lowest BCUT2D eigenvalue weighted by Gasteiger charge is -2.24. The molecule has 0 saturated carbocycles. The van der Waals surface area contributed by atoms with Crippen LogP contribution in [0.2, 0.25) is 0 Å². The maximum atomic E-state index is 4.78. The Morgan fingerprint density at radius 3 is 2.40 bits per heavy atom. The van der Waals surface area contributed by atoms with E-state index in [1.807, 2.05) is 0 Å². The molecule has 25 heavy (non-hydrogen) atoms. The first kappa shape index (κ1) is 24.6. The molecule has 0 fully saturated rings. The standard InChI is InChI=1S/C18H35N5S.HI/c1-8-19-18(21-12-16(23(6)7)11-13(2)3)20-10-9-17-22-14(4)15(5)24-17;/h13,16H,8-12H2,1-7H3,(H2,19,20,21);1H. The lowest BCUT2D eigenvalue weighted by Crippen LogP contribution is -2.40. The van der Waals surface area contributed by atoms with Crippen molar-refractivity contribution in [3.63, 3.8) is 0 Å². The van der Waals surface area contributed by atoms with Gasteiger partial charge in [0.2, 0.25) is 0 Å². The minimum Gasteiger partial charge on any atom is -0.357 e. The van der Waals surface area contributed by atoms with Gasteiger partial charge in [-0.25, -0.2) is 4.98 Å². The average Bonchev–Trinajstić information content (AvgIpc) is 2.81. The molecule has 1 heterocycles. The van der Waals surface area contributed by atoms with Crippen LogP contribution in [0.4, 0.5) is 0 Å². The second-order valence-electron chi connectivity index (χ2n) is 6.89. The summed E-state index contributed by atoms with van der Waals surface area (Å²) in [5, 5.41) is 7.96. The number of nitrogens with zero attached hydrogens (tertiary/aromatic N) is 3. The van der Waals surface area contributed by atoms with Crippen molar-refractivity contribution in [2.45, 2.75) is 53.5 Å². The first-order valence-electron chi connectivity index (χ1n) is 8.95. The molecule has 2 N–H and O–H groups in total. The van der Waals surface area contributed by atoms with Crippen molar-refractivity contribution in [1.82, 2.24) is 20.5 Å². The van der Waals surface area contributed by atoms with Crippen molar-refractivity contribution < 1.29 is 0 Å². The van der Waals surface area contributed by atoms with Gasteiger partial charge in [-0.3, -0.25) is 4.99 Å². The van der Waals surface area contributed by atoms with Crippen LogP contribution in [0.5, 0.6) is 0 Å². The van der Waals surface area contributed by atoms with Crippen molar-refractivity contribution >= 4 is 41.3 Å². The smallest absolute Gasteiger partial charge is 0.191 e. The Labute approximate surface area is 175 Å². The number of hydrogen-bond acceptors (Lipinski definition) is 4. The van der Waals surface area contributed by atoms with Gasteiger partial charge in [0, 0.05) is 30.4 Å². The minimum absolute atomic E-state index is 0. The van der Waals surface area contributed by atoms with Crippen LogP contribution in [0.3, 0.4) is 0 Å². The van der Waals surface area contributed by atoms with Crippen LogP contribution in [0.1, 0.15) is 42.8 Å². The molecule has 0 spiro atoms. The van der Waals surface area contributed by atoms with Gasteiger partial charge in [0.25, 0.3) is 0 Å². The summed E-state index contributed by atoms with van der Waals surface area (Å²) in [6.45, 7) is 13.4. The predicted molar refractivity (Wildman–Crippen MR) is 122 cm³/mol. The van der Waals surface area contributed by atoms with Gasteiger partial charge in [-0.15, -0.1) is 35.3 Å². The van der Waals surface area contributed by atoms with E-state index in [1.165, 1.54) is 9.88 Å². The first-order chi connectivity index (χ1) is 11.3. The highest BCUT2D eigenvalue weighted by molar-refractivity contribution is 14.0. The van der Waals surface area contributed by atoms with Gasteiger partial charge in [-0.2, -0.15) is 0 Å². The second-order valence-corrected chi connectivity index (χ2v) is 8.18. The van der Waals surface area contributed by atoms with Gasteiger partial charge >= 0.3 is 0 Å². The zero-order chi connectivity index (χ0) is 18.1. The number of nitrogens with one attached hydrogen (secondary N) is 2. The molecular weight excluding hydrogens is 445 g/mol. The highest BCUT2D eigenvalue weighted by Gasteiger charge is 2.13. The number of hydrogen-bond donors (Lipinski definition) is 2. The first-order valence-corrected chi connectivity index (χ1v) is 9.76. The summed E-state index contributed by atoms with van der Waals surface area (Å²) in [7, 11) is 4.27. The van der Waals surface area contributed by atoms with Gasteiger partial charge in [0.05, 0.1) is 17.2 Å². The summed E-state index contributed by atoms with van der Waals surface area (Å²) < 4.78 is 0. The lowest BCUT2D eigenvalue weighted by atomic mass is 10.0. The summed E-state index contributed by atoms with van der Waals surface area (Å²) in [6.07, 6.45) is 2.10. The Balaban J connectivity index is 0.00000576. The maximum Gasteiger partial charge on any atom is 0.191 e. The SMILES string of the molecule is CCNC(=NCC(CC(C)C)N(C)C)NCCc1nc(C)c(C)s1.I. The van der Waals surface area contributed by atoms with Gasteiger partial charge in [0.15, 0.2) is 5.96 Å². The highest BCUT2D eigenvalue weighted by atomic mass is 127. The predicted octanol–water partition coefficient (Wildman–Crippen LogP) is 3.45. The van der Waals surface area contributed by atoms with Gasteiger partial charge < -0.3 is 15.5 Å². The van der Waals surface area contributed by atoms with E-state index in [9.17, 15) is 0 Å². The summed E-state index contributed by atoms with van der Waals surface area (Å²) in [4.78, 5) is 13.0. The van der Waals surface area contributed by atoms with E-state index in [0.717, 1.165) is 44.1 Å². The molecule has 0 aromatic carbocycles. The van der Waals surface area contributed by atoms with E-state index in [0.29, 0.717) is 12.0 Å². The van der Waals surface area contributed by atoms with Crippen LogP contribution in [0.15, 0.2) is 4.99 Å². The Kier molecular flexibility index (Phi) is 12.7. The molecule has 1 atom stereocenters. The minimum atomic E-state index is 0. The molecule has 0 aliphatic carbocycles. The molecule has 0 aliphatic rings. The number of aryl methyl sites for hydroxylation is 2. The maximum absolute atomic E-state index is 4.78. The van der Waals surface area contributed by atoms with E-state index in [1.54, 1.807) is 11.3 Å². The second kappa shape index (κ2) is 12.9. The van der Waals surface area contributed by atoms with Gasteiger partial charge in [0.1, 0.15) is 0 Å². The van der Waals surface area contributed by atoms with Crippen molar-refractivity contribution in [2.24, 2.45) is 10.9 Å². The highest BCUT2D eigenvalue weighted by Crippen LogP contribution is 2.16. The molecule has 0 radical (unpaired) electrons. The third-order valence-corrected chi connectivity index (χ3v) is 5.11. The largest absolute Gasteiger partial charge is 0.357 e. The fourth-order valence-electron chi connectivity index (χ4n) is 2.47. The average molecular weight is 481 g/mol. The van der Waals surface area contributed by atoms with Crippen LogP contribution in [-0.2, 0) is 6.42 Å². The summed E-state index contributed by atoms with van der Waals surface area (Å²) in [5.74, 6) is 1.58. The molecule has 0 saturated heterocycles. The Bertz CT molecular complexity index is 494. The van der Waals surface area contributed by atoms with Crippen molar-refractivity contribution in [1.29, 1.82) is 0 Å². The molecule has 7 heteroatoms. The molecule has 1 aromatic heterocycles. The molecule has 1 aromatic rings. The molecule has 0 bridgehead atoms. The number of rotatable bonds is 9. The van der Waals surface area contributed by atoms with Crippen LogP contribution < -0.4 is 10.6 Å². The monoisotopic (exact) mass is 481 g/mol. The van der Waals surface area contributed by atoms with Crippen molar-refractivity contribution in [2.75, 3.05) is 33.7 Å².